The van der Waals surface area contributed by atoms with Gasteiger partial charge >= 0.3 is 0 Å². The van der Waals surface area contributed by atoms with E-state index in [0.29, 0.717) is 25.5 Å². The predicted molar refractivity (Wildman–Crippen MR) is 59.4 cm³/mol. The van der Waals surface area contributed by atoms with Crippen LogP contribution < -0.4 is 10.6 Å². The van der Waals surface area contributed by atoms with Gasteiger partial charge in [0.2, 0.25) is 5.91 Å². The van der Waals surface area contributed by atoms with E-state index in [1.807, 2.05) is 0 Å². The Balaban J connectivity index is 1.95. The number of hydrogen-bond acceptors (Lipinski definition) is 3. The van der Waals surface area contributed by atoms with Crippen LogP contribution >= 0.6 is 0 Å². The van der Waals surface area contributed by atoms with Gasteiger partial charge in [0.1, 0.15) is 0 Å². The minimum atomic E-state index is 0.155. The van der Waals surface area contributed by atoms with E-state index in [1.54, 1.807) is 0 Å². The van der Waals surface area contributed by atoms with E-state index in [2.05, 4.69) is 17.2 Å². The van der Waals surface area contributed by atoms with Gasteiger partial charge in [-0.3, -0.25) is 4.79 Å². The molecule has 15 heavy (non-hydrogen) atoms. The summed E-state index contributed by atoms with van der Waals surface area (Å²) in [6.45, 7) is 6.78. The highest BCUT2D eigenvalue weighted by molar-refractivity contribution is 5.76. The fourth-order valence-electron chi connectivity index (χ4n) is 1.69. The predicted octanol–water partition coefficient (Wildman–Crippen LogP) is 0.652. The average molecular weight is 212 g/mol. The first kappa shape index (κ1) is 12.0. The fraction of sp³-hybridized carbons (Fsp3) is 0.727. The van der Waals surface area contributed by atoms with Crippen molar-refractivity contribution in [3.63, 3.8) is 0 Å². The standard InChI is InChI=1S/C11H20N2O2/c1-2-15-7-3-5-13-11(14)8-10-4-6-12-9-10/h2,10,12H,1,3-9H2,(H,13,14). The summed E-state index contributed by atoms with van der Waals surface area (Å²) in [4.78, 5) is 11.4. The summed E-state index contributed by atoms with van der Waals surface area (Å²) in [5.74, 6) is 0.678. The smallest absolute Gasteiger partial charge is 0.220 e. The van der Waals surface area contributed by atoms with Crippen molar-refractivity contribution in [3.8, 4) is 0 Å². The van der Waals surface area contributed by atoms with E-state index in [9.17, 15) is 4.79 Å². The Morgan fingerprint density at radius 1 is 1.67 bits per heavy atom. The molecular weight excluding hydrogens is 192 g/mol. The highest BCUT2D eigenvalue weighted by Gasteiger charge is 2.17. The van der Waals surface area contributed by atoms with E-state index in [0.717, 1.165) is 25.9 Å². The molecule has 0 saturated carbocycles. The molecule has 86 valence electrons. The number of amides is 1. The molecule has 0 bridgehead atoms. The highest BCUT2D eigenvalue weighted by atomic mass is 16.5. The summed E-state index contributed by atoms with van der Waals surface area (Å²) in [7, 11) is 0. The molecule has 0 spiro atoms. The van der Waals surface area contributed by atoms with Crippen molar-refractivity contribution in [2.45, 2.75) is 19.3 Å². The Kier molecular flexibility index (Phi) is 5.85. The Labute approximate surface area is 91.1 Å². The summed E-state index contributed by atoms with van der Waals surface area (Å²) in [6, 6.07) is 0. The molecule has 1 aliphatic heterocycles. The third kappa shape index (κ3) is 5.42. The van der Waals surface area contributed by atoms with Crippen LogP contribution in [0.25, 0.3) is 0 Å². The monoisotopic (exact) mass is 212 g/mol. The minimum Gasteiger partial charge on any atom is -0.502 e. The summed E-state index contributed by atoms with van der Waals surface area (Å²) in [6.07, 6.45) is 4.02. The number of hydrogen-bond donors (Lipinski definition) is 2. The van der Waals surface area contributed by atoms with E-state index in [1.165, 1.54) is 6.26 Å². The molecule has 1 amide bonds. The normalized spacial score (nSPS) is 19.9. The molecule has 0 aromatic carbocycles. The topological polar surface area (TPSA) is 50.4 Å². The largest absolute Gasteiger partial charge is 0.502 e. The van der Waals surface area contributed by atoms with Gasteiger partial charge in [-0.2, -0.15) is 0 Å². The highest BCUT2D eigenvalue weighted by Crippen LogP contribution is 2.11. The van der Waals surface area contributed by atoms with Crippen molar-refractivity contribution in [2.24, 2.45) is 5.92 Å². The van der Waals surface area contributed by atoms with Crippen LogP contribution in [0.15, 0.2) is 12.8 Å². The Hall–Kier alpha value is -1.03. The number of carbonyl (C=O) groups excluding carboxylic acids is 1. The molecule has 0 aliphatic carbocycles. The van der Waals surface area contributed by atoms with Gasteiger partial charge in [0.25, 0.3) is 0 Å². The SMILES string of the molecule is C=COCCCNC(=O)CC1CCNC1. The molecular formula is C11H20N2O2. The quantitative estimate of drug-likeness (QED) is 0.481. The van der Waals surface area contributed by atoms with Crippen molar-refractivity contribution in [2.75, 3.05) is 26.2 Å². The zero-order chi connectivity index (χ0) is 10.9. The summed E-state index contributed by atoms with van der Waals surface area (Å²) in [5, 5.41) is 6.14. The molecule has 1 heterocycles. The second-order valence-corrected chi connectivity index (χ2v) is 3.80. The average Bonchev–Trinajstić information content (AvgIpc) is 2.70. The van der Waals surface area contributed by atoms with Crippen LogP contribution in [-0.2, 0) is 9.53 Å². The minimum absolute atomic E-state index is 0.155. The zero-order valence-electron chi connectivity index (χ0n) is 9.13. The Morgan fingerprint density at radius 3 is 3.20 bits per heavy atom. The molecule has 1 fully saturated rings. The lowest BCUT2D eigenvalue weighted by molar-refractivity contribution is -0.121. The van der Waals surface area contributed by atoms with Gasteiger partial charge < -0.3 is 15.4 Å². The van der Waals surface area contributed by atoms with Crippen molar-refractivity contribution in [3.05, 3.63) is 12.8 Å². The van der Waals surface area contributed by atoms with Crippen LogP contribution in [0, 0.1) is 5.92 Å². The number of carbonyl (C=O) groups is 1. The first-order valence-electron chi connectivity index (χ1n) is 5.53. The van der Waals surface area contributed by atoms with Crippen LogP contribution in [0.2, 0.25) is 0 Å². The molecule has 2 N–H and O–H groups in total. The second kappa shape index (κ2) is 7.29. The van der Waals surface area contributed by atoms with E-state index in [-0.39, 0.29) is 5.91 Å². The van der Waals surface area contributed by atoms with Crippen molar-refractivity contribution >= 4 is 5.91 Å². The van der Waals surface area contributed by atoms with E-state index in [4.69, 9.17) is 4.74 Å². The van der Waals surface area contributed by atoms with E-state index >= 15 is 0 Å². The molecule has 0 radical (unpaired) electrons. The Morgan fingerprint density at radius 2 is 2.53 bits per heavy atom. The van der Waals surface area contributed by atoms with Gasteiger partial charge in [0.15, 0.2) is 0 Å². The molecule has 0 aromatic rings. The molecule has 1 aliphatic rings. The van der Waals surface area contributed by atoms with Crippen molar-refractivity contribution in [1.82, 2.24) is 10.6 Å². The van der Waals surface area contributed by atoms with Crippen molar-refractivity contribution in [1.29, 1.82) is 0 Å². The van der Waals surface area contributed by atoms with Gasteiger partial charge in [0.05, 0.1) is 12.9 Å². The first-order chi connectivity index (χ1) is 7.33. The van der Waals surface area contributed by atoms with E-state index < -0.39 is 0 Å². The van der Waals surface area contributed by atoms with Crippen LogP contribution in [0.1, 0.15) is 19.3 Å². The first-order valence-corrected chi connectivity index (χ1v) is 5.53. The van der Waals surface area contributed by atoms with Crippen LogP contribution in [-0.4, -0.2) is 32.1 Å². The lowest BCUT2D eigenvalue weighted by Crippen LogP contribution is -2.27. The maximum Gasteiger partial charge on any atom is 0.220 e. The van der Waals surface area contributed by atoms with Gasteiger partial charge in [0, 0.05) is 13.0 Å². The summed E-state index contributed by atoms with van der Waals surface area (Å²) < 4.78 is 4.95. The van der Waals surface area contributed by atoms with Gasteiger partial charge in [-0.05, 0) is 31.8 Å². The maximum atomic E-state index is 11.4. The fourth-order valence-corrected chi connectivity index (χ4v) is 1.69. The third-order valence-electron chi connectivity index (χ3n) is 2.52. The third-order valence-corrected chi connectivity index (χ3v) is 2.52. The number of ether oxygens (including phenoxy) is 1. The molecule has 1 atom stereocenters. The lowest BCUT2D eigenvalue weighted by Gasteiger charge is -2.08. The molecule has 1 rings (SSSR count). The summed E-state index contributed by atoms with van der Waals surface area (Å²) >= 11 is 0. The lowest BCUT2D eigenvalue weighted by atomic mass is 10.0. The summed E-state index contributed by atoms with van der Waals surface area (Å²) in [5.41, 5.74) is 0. The molecule has 4 heteroatoms. The van der Waals surface area contributed by atoms with Crippen LogP contribution in [0.5, 0.6) is 0 Å². The van der Waals surface area contributed by atoms with Gasteiger partial charge in [-0.25, -0.2) is 0 Å². The number of rotatable bonds is 7. The number of nitrogens with one attached hydrogen (secondary N) is 2. The molecule has 1 saturated heterocycles. The van der Waals surface area contributed by atoms with Gasteiger partial charge in [-0.15, -0.1) is 0 Å². The molecule has 1 unspecified atom stereocenters. The van der Waals surface area contributed by atoms with Crippen LogP contribution in [0.3, 0.4) is 0 Å². The maximum absolute atomic E-state index is 11.4. The Bertz CT molecular complexity index is 201. The van der Waals surface area contributed by atoms with Crippen LogP contribution in [0.4, 0.5) is 0 Å². The van der Waals surface area contributed by atoms with Crippen molar-refractivity contribution < 1.29 is 9.53 Å². The second-order valence-electron chi connectivity index (χ2n) is 3.80. The molecule has 4 nitrogen and oxygen atoms in total. The van der Waals surface area contributed by atoms with Gasteiger partial charge in [-0.1, -0.05) is 6.58 Å². The zero-order valence-corrected chi connectivity index (χ0v) is 9.13. The molecule has 0 aromatic heterocycles.